The van der Waals surface area contributed by atoms with Gasteiger partial charge in [-0.25, -0.2) is 23.9 Å². The van der Waals surface area contributed by atoms with E-state index in [2.05, 4.69) is 4.98 Å². The Labute approximate surface area is 126 Å². The van der Waals surface area contributed by atoms with Crippen molar-refractivity contribution in [3.8, 4) is 5.82 Å². The highest BCUT2D eigenvalue weighted by Gasteiger charge is 2.21. The maximum absolute atomic E-state index is 12.6. The Balaban J connectivity index is 2.28. The van der Waals surface area contributed by atoms with Gasteiger partial charge in [0.25, 0.3) is 0 Å². The third-order valence-corrected chi connectivity index (χ3v) is 4.27. The molecule has 6 nitrogen and oxygen atoms in total. The second-order valence-electron chi connectivity index (χ2n) is 5.40. The molecule has 0 amide bonds. The summed E-state index contributed by atoms with van der Waals surface area (Å²) >= 11 is 6.04. The number of pyridine rings is 1. The molecule has 0 radical (unpaired) electrons. The molecule has 1 aliphatic rings. The summed E-state index contributed by atoms with van der Waals surface area (Å²) in [7, 11) is 0. The smallest absolute Gasteiger partial charge is 0.245 e. The molecule has 0 bridgehead atoms. The first-order valence-electron chi connectivity index (χ1n) is 7.07. The van der Waals surface area contributed by atoms with Gasteiger partial charge in [-0.3, -0.25) is 0 Å². The minimum atomic E-state index is -0.320. The molecule has 1 aliphatic heterocycles. The van der Waals surface area contributed by atoms with E-state index >= 15 is 0 Å². The van der Waals surface area contributed by atoms with E-state index in [1.54, 1.807) is 19.9 Å². The van der Waals surface area contributed by atoms with E-state index in [1.165, 1.54) is 9.36 Å². The van der Waals surface area contributed by atoms with Gasteiger partial charge in [0.15, 0.2) is 0 Å². The van der Waals surface area contributed by atoms with Gasteiger partial charge in [-0.15, -0.1) is 0 Å². The molecule has 0 spiro atoms. The van der Waals surface area contributed by atoms with E-state index in [0.717, 1.165) is 23.8 Å². The van der Waals surface area contributed by atoms with E-state index < -0.39 is 0 Å². The SMILES string of the molecule is Cc1cc(Cl)c(C)nc1-n1c(=O)n2n(c1=O)CCCCC2. The Bertz CT molecular complexity index is 778. The molecule has 0 unspecified atom stereocenters. The highest BCUT2D eigenvalue weighted by Crippen LogP contribution is 2.18. The summed E-state index contributed by atoms with van der Waals surface area (Å²) in [5.74, 6) is 0.375. The Hall–Kier alpha value is -1.82. The van der Waals surface area contributed by atoms with Gasteiger partial charge < -0.3 is 0 Å². The molecule has 0 saturated heterocycles. The lowest BCUT2D eigenvalue weighted by Gasteiger charge is -2.06. The quantitative estimate of drug-likeness (QED) is 0.805. The van der Waals surface area contributed by atoms with Gasteiger partial charge in [0.1, 0.15) is 5.82 Å². The van der Waals surface area contributed by atoms with Crippen LogP contribution in [0, 0.1) is 13.8 Å². The standard InChI is InChI=1S/C14H17ClN4O2/c1-9-8-11(15)10(2)16-12(9)19-13(20)17-6-4-3-5-7-18(17)14(19)21/h8H,3-7H2,1-2H3. The van der Waals surface area contributed by atoms with E-state index in [0.29, 0.717) is 35.2 Å². The summed E-state index contributed by atoms with van der Waals surface area (Å²) < 4.78 is 4.21. The molecular weight excluding hydrogens is 292 g/mol. The number of aromatic nitrogens is 4. The first-order valence-corrected chi connectivity index (χ1v) is 7.45. The summed E-state index contributed by atoms with van der Waals surface area (Å²) in [5.41, 5.74) is 0.680. The maximum atomic E-state index is 12.6. The first-order chi connectivity index (χ1) is 10.0. The number of aryl methyl sites for hydroxylation is 2. The average molecular weight is 309 g/mol. The number of fused-ring (bicyclic) bond motifs is 1. The van der Waals surface area contributed by atoms with Crippen molar-refractivity contribution >= 4 is 11.6 Å². The third kappa shape index (κ3) is 2.23. The Kier molecular flexibility index (Phi) is 3.49. The molecule has 2 aromatic rings. The van der Waals surface area contributed by atoms with Crippen LogP contribution in [-0.2, 0) is 13.1 Å². The van der Waals surface area contributed by atoms with Crippen molar-refractivity contribution in [3.05, 3.63) is 43.3 Å². The topological polar surface area (TPSA) is 61.8 Å². The third-order valence-electron chi connectivity index (χ3n) is 3.88. The van der Waals surface area contributed by atoms with Crippen LogP contribution in [0.5, 0.6) is 0 Å². The summed E-state index contributed by atoms with van der Waals surface area (Å²) in [5, 5.41) is 0.533. The van der Waals surface area contributed by atoms with Gasteiger partial charge >= 0.3 is 11.4 Å². The van der Waals surface area contributed by atoms with Crippen molar-refractivity contribution < 1.29 is 0 Å². The molecule has 3 rings (SSSR count). The normalized spacial score (nSPS) is 14.8. The number of nitrogens with zero attached hydrogens (tertiary/aromatic N) is 4. The largest absolute Gasteiger partial charge is 0.353 e. The van der Waals surface area contributed by atoms with Gasteiger partial charge in [0, 0.05) is 13.1 Å². The molecule has 0 saturated carbocycles. The van der Waals surface area contributed by atoms with Crippen molar-refractivity contribution in [2.24, 2.45) is 0 Å². The van der Waals surface area contributed by atoms with E-state index in [9.17, 15) is 9.59 Å². The summed E-state index contributed by atoms with van der Waals surface area (Å²) in [4.78, 5) is 29.5. The van der Waals surface area contributed by atoms with Crippen molar-refractivity contribution in [1.82, 2.24) is 18.9 Å². The summed E-state index contributed by atoms with van der Waals surface area (Å²) in [6, 6.07) is 1.73. The van der Waals surface area contributed by atoms with Crippen LogP contribution in [-0.4, -0.2) is 18.9 Å². The van der Waals surface area contributed by atoms with Gasteiger partial charge in [-0.1, -0.05) is 11.6 Å². The fourth-order valence-electron chi connectivity index (χ4n) is 2.72. The number of rotatable bonds is 1. The molecule has 21 heavy (non-hydrogen) atoms. The molecule has 3 heterocycles. The van der Waals surface area contributed by atoms with Gasteiger partial charge in [-0.05, 0) is 44.7 Å². The zero-order chi connectivity index (χ0) is 15.1. The molecule has 0 aromatic carbocycles. The Morgan fingerprint density at radius 2 is 1.62 bits per heavy atom. The molecule has 0 aliphatic carbocycles. The molecular formula is C14H17ClN4O2. The minimum absolute atomic E-state index is 0.320. The predicted octanol–water partition coefficient (Wildman–Crippen LogP) is 1.65. The van der Waals surface area contributed by atoms with E-state index in [-0.39, 0.29) is 11.4 Å². The zero-order valence-electron chi connectivity index (χ0n) is 12.1. The summed E-state index contributed by atoms with van der Waals surface area (Å²) in [6.45, 7) is 4.71. The van der Waals surface area contributed by atoms with Gasteiger partial charge in [-0.2, -0.15) is 4.57 Å². The van der Waals surface area contributed by atoms with Crippen molar-refractivity contribution in [1.29, 1.82) is 0 Å². The maximum Gasteiger partial charge on any atom is 0.353 e. The van der Waals surface area contributed by atoms with E-state index in [1.807, 2.05) is 0 Å². The van der Waals surface area contributed by atoms with Crippen LogP contribution in [0.25, 0.3) is 5.82 Å². The molecule has 112 valence electrons. The lowest BCUT2D eigenvalue weighted by atomic mass is 10.2. The van der Waals surface area contributed by atoms with Crippen LogP contribution in [0.4, 0.5) is 0 Å². The van der Waals surface area contributed by atoms with Gasteiger partial charge in [0.05, 0.1) is 10.7 Å². The Morgan fingerprint density at radius 3 is 2.19 bits per heavy atom. The van der Waals surface area contributed by atoms with Crippen LogP contribution in [0.2, 0.25) is 5.02 Å². The lowest BCUT2D eigenvalue weighted by Crippen LogP contribution is -2.29. The zero-order valence-corrected chi connectivity index (χ0v) is 12.9. The molecule has 0 N–H and O–H groups in total. The van der Waals surface area contributed by atoms with Crippen molar-refractivity contribution in [3.63, 3.8) is 0 Å². The second-order valence-corrected chi connectivity index (χ2v) is 5.81. The van der Waals surface area contributed by atoms with Gasteiger partial charge in [0.2, 0.25) is 0 Å². The van der Waals surface area contributed by atoms with Crippen LogP contribution in [0.15, 0.2) is 15.7 Å². The average Bonchev–Trinajstić information content (AvgIpc) is 2.63. The van der Waals surface area contributed by atoms with Crippen LogP contribution in [0.3, 0.4) is 0 Å². The lowest BCUT2D eigenvalue weighted by molar-refractivity contribution is 0.466. The number of hydrogen-bond donors (Lipinski definition) is 0. The highest BCUT2D eigenvalue weighted by atomic mass is 35.5. The second kappa shape index (κ2) is 5.18. The van der Waals surface area contributed by atoms with Crippen LogP contribution >= 0.6 is 11.6 Å². The molecule has 0 fully saturated rings. The van der Waals surface area contributed by atoms with E-state index in [4.69, 9.17) is 11.6 Å². The Morgan fingerprint density at radius 1 is 1.05 bits per heavy atom. The molecule has 0 atom stereocenters. The monoisotopic (exact) mass is 308 g/mol. The van der Waals surface area contributed by atoms with Crippen LogP contribution in [0.1, 0.15) is 30.5 Å². The highest BCUT2D eigenvalue weighted by molar-refractivity contribution is 6.31. The molecule has 7 heteroatoms. The summed E-state index contributed by atoms with van der Waals surface area (Å²) in [6.07, 6.45) is 2.86. The number of hydrogen-bond acceptors (Lipinski definition) is 3. The van der Waals surface area contributed by atoms with Crippen LogP contribution < -0.4 is 11.4 Å². The predicted molar refractivity (Wildman–Crippen MR) is 80.4 cm³/mol. The fourth-order valence-corrected chi connectivity index (χ4v) is 2.92. The van der Waals surface area contributed by atoms with Crippen molar-refractivity contribution in [2.75, 3.05) is 0 Å². The minimum Gasteiger partial charge on any atom is -0.245 e. The first kappa shape index (κ1) is 14.1. The molecule has 2 aromatic heterocycles. The fraction of sp³-hybridized carbons (Fsp3) is 0.500. The number of halogens is 1. The van der Waals surface area contributed by atoms with Crippen molar-refractivity contribution in [2.45, 2.75) is 46.2 Å².